The molecule has 0 aliphatic rings. The summed E-state index contributed by atoms with van der Waals surface area (Å²) in [6.45, 7) is 0.615. The van der Waals surface area contributed by atoms with Crippen LogP contribution in [0.3, 0.4) is 0 Å². The predicted octanol–water partition coefficient (Wildman–Crippen LogP) is 2.85. The van der Waals surface area contributed by atoms with Crippen LogP contribution in [-0.4, -0.2) is 35.9 Å². The molecular formula is C13H14Cl2N4O2. The van der Waals surface area contributed by atoms with Crippen molar-refractivity contribution in [3.63, 3.8) is 0 Å². The zero-order valence-electron chi connectivity index (χ0n) is 11.6. The molecule has 1 heterocycles. The van der Waals surface area contributed by atoms with Gasteiger partial charge in [0.05, 0.1) is 14.2 Å². The molecule has 0 spiro atoms. The predicted molar refractivity (Wildman–Crippen MR) is 81.6 cm³/mol. The van der Waals surface area contributed by atoms with Gasteiger partial charge in [-0.2, -0.15) is 4.98 Å². The Labute approximate surface area is 132 Å². The van der Waals surface area contributed by atoms with Gasteiger partial charge in [0.1, 0.15) is 0 Å². The van der Waals surface area contributed by atoms with Crippen molar-refractivity contribution in [2.75, 3.05) is 26.1 Å². The molecule has 0 fully saturated rings. The lowest BCUT2D eigenvalue weighted by atomic mass is 10.1. The van der Waals surface area contributed by atoms with Crippen LogP contribution in [0.5, 0.6) is 11.5 Å². The van der Waals surface area contributed by atoms with Gasteiger partial charge in [-0.15, -0.1) is 10.2 Å². The van der Waals surface area contributed by atoms with Gasteiger partial charge in [0.2, 0.25) is 5.28 Å². The van der Waals surface area contributed by atoms with E-state index in [-0.39, 0.29) is 10.4 Å². The van der Waals surface area contributed by atoms with Crippen molar-refractivity contribution in [2.45, 2.75) is 6.42 Å². The number of rotatable bonds is 6. The topological polar surface area (TPSA) is 69.2 Å². The third kappa shape index (κ3) is 4.09. The Bertz CT molecular complexity index is 625. The Balaban J connectivity index is 1.98. The molecule has 0 amide bonds. The molecular weight excluding hydrogens is 315 g/mol. The molecule has 0 saturated heterocycles. The number of nitrogens with zero attached hydrogens (tertiary/aromatic N) is 3. The van der Waals surface area contributed by atoms with E-state index in [1.807, 2.05) is 18.2 Å². The molecule has 1 N–H and O–H groups in total. The third-order valence-corrected chi connectivity index (χ3v) is 3.19. The highest BCUT2D eigenvalue weighted by atomic mass is 35.5. The van der Waals surface area contributed by atoms with Crippen LogP contribution >= 0.6 is 23.2 Å². The number of methoxy groups -OCH3 is 2. The van der Waals surface area contributed by atoms with E-state index in [0.717, 1.165) is 12.0 Å². The maximum absolute atomic E-state index is 5.87. The first-order valence-electron chi connectivity index (χ1n) is 6.14. The van der Waals surface area contributed by atoms with Gasteiger partial charge < -0.3 is 14.8 Å². The van der Waals surface area contributed by atoms with Crippen molar-refractivity contribution in [2.24, 2.45) is 0 Å². The van der Waals surface area contributed by atoms with E-state index in [4.69, 9.17) is 32.7 Å². The van der Waals surface area contributed by atoms with E-state index in [9.17, 15) is 0 Å². The normalized spacial score (nSPS) is 10.3. The number of hydrogen-bond donors (Lipinski definition) is 1. The van der Waals surface area contributed by atoms with Crippen LogP contribution in [0, 0.1) is 0 Å². The maximum Gasteiger partial charge on any atom is 0.245 e. The highest BCUT2D eigenvalue weighted by molar-refractivity contribution is 6.32. The number of anilines is 1. The van der Waals surface area contributed by atoms with E-state index in [0.29, 0.717) is 23.9 Å². The lowest BCUT2D eigenvalue weighted by Crippen LogP contribution is -2.08. The second kappa shape index (κ2) is 7.28. The second-order valence-corrected chi connectivity index (χ2v) is 4.78. The molecule has 2 aromatic rings. The van der Waals surface area contributed by atoms with Gasteiger partial charge >= 0.3 is 0 Å². The molecule has 0 aliphatic carbocycles. The Morgan fingerprint density at radius 2 is 1.86 bits per heavy atom. The van der Waals surface area contributed by atoms with Gasteiger partial charge in [-0.3, -0.25) is 0 Å². The summed E-state index contributed by atoms with van der Waals surface area (Å²) >= 11 is 11.5. The average Bonchev–Trinajstić information content (AvgIpc) is 2.50. The number of aromatic nitrogens is 3. The lowest BCUT2D eigenvalue weighted by molar-refractivity contribution is 0.354. The second-order valence-electron chi connectivity index (χ2n) is 4.09. The molecule has 112 valence electrons. The molecule has 0 aliphatic heterocycles. The van der Waals surface area contributed by atoms with Gasteiger partial charge in [0.25, 0.3) is 0 Å². The first kappa shape index (κ1) is 15.6. The monoisotopic (exact) mass is 328 g/mol. The molecule has 0 unspecified atom stereocenters. The molecule has 1 aromatic carbocycles. The Hall–Kier alpha value is -1.79. The summed E-state index contributed by atoms with van der Waals surface area (Å²) in [5.74, 6) is 1.81. The van der Waals surface area contributed by atoms with Crippen LogP contribution in [0.4, 0.5) is 5.82 Å². The van der Waals surface area contributed by atoms with Crippen molar-refractivity contribution in [3.8, 4) is 11.5 Å². The molecule has 0 bridgehead atoms. The zero-order chi connectivity index (χ0) is 15.2. The van der Waals surface area contributed by atoms with Crippen LogP contribution in [0.15, 0.2) is 18.2 Å². The van der Waals surface area contributed by atoms with Crippen molar-refractivity contribution in [1.29, 1.82) is 0 Å². The molecule has 21 heavy (non-hydrogen) atoms. The van der Waals surface area contributed by atoms with Crippen molar-refractivity contribution in [1.82, 2.24) is 15.2 Å². The van der Waals surface area contributed by atoms with Gasteiger partial charge in [-0.1, -0.05) is 17.7 Å². The fraction of sp³-hybridized carbons (Fsp3) is 0.308. The van der Waals surface area contributed by atoms with Crippen molar-refractivity contribution < 1.29 is 9.47 Å². The van der Waals surface area contributed by atoms with E-state index < -0.39 is 0 Å². The standard InChI is InChI=1S/C13H14Cl2N4O2/c1-20-9-4-3-8(7-10(9)21-2)5-6-16-12-11(14)18-19-13(15)17-12/h3-4,7H,5-6H2,1-2H3,(H,16,17,19). The third-order valence-electron chi connectivity index (χ3n) is 2.77. The highest BCUT2D eigenvalue weighted by Gasteiger charge is 2.07. The first-order chi connectivity index (χ1) is 10.1. The fourth-order valence-electron chi connectivity index (χ4n) is 1.77. The van der Waals surface area contributed by atoms with E-state index in [1.54, 1.807) is 14.2 Å². The molecule has 2 rings (SSSR count). The van der Waals surface area contributed by atoms with Gasteiger partial charge in [0.15, 0.2) is 22.5 Å². The summed E-state index contributed by atoms with van der Waals surface area (Å²) in [4.78, 5) is 3.97. The summed E-state index contributed by atoms with van der Waals surface area (Å²) in [5.41, 5.74) is 1.09. The van der Waals surface area contributed by atoms with Crippen LogP contribution in [0.1, 0.15) is 5.56 Å². The number of nitrogens with one attached hydrogen (secondary N) is 1. The number of ether oxygens (including phenoxy) is 2. The minimum Gasteiger partial charge on any atom is -0.493 e. The largest absolute Gasteiger partial charge is 0.493 e. The smallest absolute Gasteiger partial charge is 0.245 e. The van der Waals surface area contributed by atoms with Crippen LogP contribution in [0.25, 0.3) is 0 Å². The maximum atomic E-state index is 5.87. The Morgan fingerprint density at radius 1 is 1.10 bits per heavy atom. The zero-order valence-corrected chi connectivity index (χ0v) is 13.1. The molecule has 8 heteroatoms. The van der Waals surface area contributed by atoms with E-state index in [1.165, 1.54) is 0 Å². The molecule has 0 saturated carbocycles. The SMILES string of the molecule is COc1ccc(CCNc2nc(Cl)nnc2Cl)cc1OC. The summed E-state index contributed by atoms with van der Waals surface area (Å²) < 4.78 is 10.5. The van der Waals surface area contributed by atoms with Gasteiger partial charge in [0, 0.05) is 6.54 Å². The number of halogens is 2. The first-order valence-corrected chi connectivity index (χ1v) is 6.90. The summed E-state index contributed by atoms with van der Waals surface area (Å²) in [6, 6.07) is 5.76. The van der Waals surface area contributed by atoms with Gasteiger partial charge in [-0.05, 0) is 35.7 Å². The van der Waals surface area contributed by atoms with Crippen LogP contribution in [-0.2, 0) is 6.42 Å². The summed E-state index contributed by atoms with van der Waals surface area (Å²) in [6.07, 6.45) is 0.748. The molecule has 1 aromatic heterocycles. The lowest BCUT2D eigenvalue weighted by Gasteiger charge is -2.10. The quantitative estimate of drug-likeness (QED) is 0.879. The minimum atomic E-state index is 0.0491. The minimum absolute atomic E-state index is 0.0491. The van der Waals surface area contributed by atoms with Crippen LogP contribution < -0.4 is 14.8 Å². The molecule has 6 nitrogen and oxygen atoms in total. The molecule has 0 radical (unpaired) electrons. The fourth-order valence-corrected chi connectivity index (χ4v) is 2.04. The van der Waals surface area contributed by atoms with Gasteiger partial charge in [-0.25, -0.2) is 0 Å². The number of hydrogen-bond acceptors (Lipinski definition) is 6. The summed E-state index contributed by atoms with van der Waals surface area (Å²) in [7, 11) is 3.21. The average molecular weight is 329 g/mol. The highest BCUT2D eigenvalue weighted by Crippen LogP contribution is 2.27. The van der Waals surface area contributed by atoms with Crippen molar-refractivity contribution >= 4 is 29.0 Å². The van der Waals surface area contributed by atoms with Crippen molar-refractivity contribution in [3.05, 3.63) is 34.2 Å². The van der Waals surface area contributed by atoms with Crippen LogP contribution in [0.2, 0.25) is 10.4 Å². The van der Waals surface area contributed by atoms with E-state index in [2.05, 4.69) is 20.5 Å². The summed E-state index contributed by atoms with van der Waals surface area (Å²) in [5, 5.41) is 10.5. The Morgan fingerprint density at radius 3 is 2.57 bits per heavy atom. The molecule has 0 atom stereocenters. The van der Waals surface area contributed by atoms with E-state index >= 15 is 0 Å². The number of benzene rings is 1. The Kier molecular flexibility index (Phi) is 5.41.